The van der Waals surface area contributed by atoms with Gasteiger partial charge in [-0.2, -0.15) is 0 Å². The molecule has 3 rings (SSSR count). The van der Waals surface area contributed by atoms with Crippen LogP contribution in [0, 0.1) is 6.92 Å². The van der Waals surface area contributed by atoms with Crippen molar-refractivity contribution in [2.45, 2.75) is 6.92 Å². The number of carbonyl (C=O) groups excluding carboxylic acids is 1. The van der Waals surface area contributed by atoms with E-state index in [0.29, 0.717) is 11.5 Å². The zero-order chi connectivity index (χ0) is 13.2. The Labute approximate surface area is 108 Å². The number of anilines is 1. The average Bonchev–Trinajstić information content (AvgIpc) is 2.85. The normalized spacial score (nSPS) is 10.6. The fourth-order valence-electron chi connectivity index (χ4n) is 1.78. The van der Waals surface area contributed by atoms with E-state index in [9.17, 15) is 4.79 Å². The van der Waals surface area contributed by atoms with Gasteiger partial charge in [0, 0.05) is 17.3 Å². The van der Waals surface area contributed by atoms with Crippen LogP contribution >= 0.6 is 0 Å². The smallest absolute Gasteiger partial charge is 0.295 e. The van der Waals surface area contributed by atoms with E-state index in [2.05, 4.69) is 25.5 Å². The molecule has 0 saturated carbocycles. The maximum atomic E-state index is 11.9. The van der Waals surface area contributed by atoms with E-state index in [-0.39, 0.29) is 11.7 Å². The number of nitrogens with one attached hydrogen (secondary N) is 2. The minimum atomic E-state index is -0.340. The van der Waals surface area contributed by atoms with Crippen molar-refractivity contribution in [3.05, 3.63) is 48.2 Å². The molecular weight excluding hydrogens is 242 g/mol. The number of nitrogens with zero attached hydrogens (tertiary/aromatic N) is 3. The molecule has 0 unspecified atom stereocenters. The van der Waals surface area contributed by atoms with Gasteiger partial charge in [-0.05, 0) is 31.2 Å². The van der Waals surface area contributed by atoms with Crippen LogP contribution in [0.1, 0.15) is 16.4 Å². The molecule has 2 N–H and O–H groups in total. The number of amides is 1. The van der Waals surface area contributed by atoms with Gasteiger partial charge in [-0.1, -0.05) is 6.07 Å². The maximum Gasteiger partial charge on any atom is 0.295 e. The van der Waals surface area contributed by atoms with Gasteiger partial charge in [0.2, 0.25) is 5.82 Å². The molecule has 0 aliphatic carbocycles. The van der Waals surface area contributed by atoms with Crippen LogP contribution in [0.4, 0.5) is 5.69 Å². The first-order valence-electron chi connectivity index (χ1n) is 5.77. The second-order valence-electron chi connectivity index (χ2n) is 4.11. The van der Waals surface area contributed by atoms with Crippen LogP contribution in [0.25, 0.3) is 10.9 Å². The van der Waals surface area contributed by atoms with Crippen LogP contribution in [0.2, 0.25) is 0 Å². The largest absolute Gasteiger partial charge is 0.319 e. The summed E-state index contributed by atoms with van der Waals surface area (Å²) >= 11 is 0. The number of aromatic amines is 1. The van der Waals surface area contributed by atoms with E-state index in [1.54, 1.807) is 19.2 Å². The van der Waals surface area contributed by atoms with Gasteiger partial charge in [0.15, 0.2) is 0 Å². The third kappa shape index (κ3) is 2.28. The predicted octanol–water partition coefficient (Wildman–Crippen LogP) is 1.91. The highest BCUT2D eigenvalue weighted by molar-refractivity contribution is 6.02. The summed E-state index contributed by atoms with van der Waals surface area (Å²) in [6.07, 6.45) is 1.73. The van der Waals surface area contributed by atoms with Crippen molar-refractivity contribution in [2.75, 3.05) is 5.32 Å². The van der Waals surface area contributed by atoms with Crippen LogP contribution in [0.15, 0.2) is 36.5 Å². The Morgan fingerprint density at radius 1 is 1.32 bits per heavy atom. The Balaban J connectivity index is 1.87. The second-order valence-corrected chi connectivity index (χ2v) is 4.11. The van der Waals surface area contributed by atoms with Crippen molar-refractivity contribution in [2.24, 2.45) is 0 Å². The molecule has 3 aromatic rings. The topological polar surface area (TPSA) is 83.6 Å². The molecule has 2 aromatic heterocycles. The minimum absolute atomic E-state index is 0.129. The Hall–Kier alpha value is -2.76. The van der Waals surface area contributed by atoms with E-state index in [4.69, 9.17) is 0 Å². The molecule has 0 saturated heterocycles. The molecule has 1 amide bonds. The third-order valence-corrected chi connectivity index (χ3v) is 2.66. The number of benzene rings is 1. The van der Waals surface area contributed by atoms with Crippen molar-refractivity contribution < 1.29 is 4.79 Å². The highest BCUT2D eigenvalue weighted by Gasteiger charge is 2.11. The van der Waals surface area contributed by atoms with E-state index < -0.39 is 0 Å². The summed E-state index contributed by atoms with van der Waals surface area (Å²) in [6, 6.07) is 9.31. The summed E-state index contributed by atoms with van der Waals surface area (Å²) in [5.41, 5.74) is 1.57. The van der Waals surface area contributed by atoms with Crippen LogP contribution in [0.3, 0.4) is 0 Å². The van der Waals surface area contributed by atoms with E-state index in [0.717, 1.165) is 10.9 Å². The summed E-state index contributed by atoms with van der Waals surface area (Å²) in [5.74, 6) is 0.393. The molecule has 0 aliphatic rings. The summed E-state index contributed by atoms with van der Waals surface area (Å²) in [5, 5.41) is 10.2. The van der Waals surface area contributed by atoms with E-state index >= 15 is 0 Å². The number of carbonyl (C=O) groups is 1. The highest BCUT2D eigenvalue weighted by atomic mass is 16.2. The van der Waals surface area contributed by atoms with Gasteiger partial charge in [0.05, 0.1) is 5.52 Å². The molecule has 0 radical (unpaired) electrons. The summed E-state index contributed by atoms with van der Waals surface area (Å²) < 4.78 is 0. The molecule has 1 aromatic carbocycles. The Kier molecular flexibility index (Phi) is 2.68. The lowest BCUT2D eigenvalue weighted by molar-refractivity contribution is 0.101. The van der Waals surface area contributed by atoms with Crippen LogP contribution in [-0.4, -0.2) is 26.1 Å². The summed E-state index contributed by atoms with van der Waals surface area (Å²) in [4.78, 5) is 20.1. The number of fused-ring (bicyclic) bond motifs is 1. The summed E-state index contributed by atoms with van der Waals surface area (Å²) in [7, 11) is 0. The van der Waals surface area contributed by atoms with Crippen molar-refractivity contribution in [3.63, 3.8) is 0 Å². The van der Waals surface area contributed by atoms with E-state index in [1.165, 1.54) is 0 Å². The molecule has 0 atom stereocenters. The van der Waals surface area contributed by atoms with Gasteiger partial charge in [-0.15, -0.1) is 5.10 Å². The number of hydrogen-bond donors (Lipinski definition) is 2. The van der Waals surface area contributed by atoms with Gasteiger partial charge in [-0.3, -0.25) is 14.9 Å². The minimum Gasteiger partial charge on any atom is -0.319 e. The fourth-order valence-corrected chi connectivity index (χ4v) is 1.78. The number of H-pyrrole nitrogens is 1. The molecule has 94 valence electrons. The van der Waals surface area contributed by atoms with Crippen LogP contribution < -0.4 is 5.32 Å². The first-order chi connectivity index (χ1) is 9.22. The molecule has 6 nitrogen and oxygen atoms in total. The number of aromatic nitrogens is 4. The first kappa shape index (κ1) is 11.3. The lowest BCUT2D eigenvalue weighted by atomic mass is 10.2. The van der Waals surface area contributed by atoms with E-state index in [1.807, 2.05) is 24.3 Å². The predicted molar refractivity (Wildman–Crippen MR) is 70.8 cm³/mol. The molecule has 0 aliphatic heterocycles. The quantitative estimate of drug-likeness (QED) is 0.730. The van der Waals surface area contributed by atoms with Crippen LogP contribution in [0.5, 0.6) is 0 Å². The Morgan fingerprint density at radius 3 is 3.00 bits per heavy atom. The highest BCUT2D eigenvalue weighted by Crippen LogP contribution is 2.17. The standard InChI is InChI=1S/C13H11N5O/c1-8-15-12(18-17-8)13(19)16-10-4-5-11-9(7-10)3-2-6-14-11/h2-7H,1H3,(H,16,19)(H,15,17,18). The molecule has 0 spiro atoms. The number of pyridine rings is 1. The zero-order valence-corrected chi connectivity index (χ0v) is 10.2. The van der Waals surface area contributed by atoms with Gasteiger partial charge < -0.3 is 5.32 Å². The van der Waals surface area contributed by atoms with Crippen molar-refractivity contribution in [1.82, 2.24) is 20.2 Å². The van der Waals surface area contributed by atoms with Gasteiger partial charge in [0.25, 0.3) is 5.91 Å². The monoisotopic (exact) mass is 253 g/mol. The van der Waals surface area contributed by atoms with Crippen molar-refractivity contribution in [1.29, 1.82) is 0 Å². The zero-order valence-electron chi connectivity index (χ0n) is 10.2. The lowest BCUT2D eigenvalue weighted by Crippen LogP contribution is -2.13. The molecule has 2 heterocycles. The Morgan fingerprint density at radius 2 is 2.21 bits per heavy atom. The van der Waals surface area contributed by atoms with Gasteiger partial charge in [-0.25, -0.2) is 4.98 Å². The molecule has 19 heavy (non-hydrogen) atoms. The maximum absolute atomic E-state index is 11.9. The summed E-state index contributed by atoms with van der Waals surface area (Å²) in [6.45, 7) is 1.74. The molecular formula is C13H11N5O. The van der Waals surface area contributed by atoms with Crippen molar-refractivity contribution >= 4 is 22.5 Å². The molecule has 6 heteroatoms. The van der Waals surface area contributed by atoms with Gasteiger partial charge >= 0.3 is 0 Å². The molecule has 0 bridgehead atoms. The third-order valence-electron chi connectivity index (χ3n) is 2.66. The Bertz CT molecular complexity index is 749. The molecule has 0 fully saturated rings. The SMILES string of the molecule is Cc1nc(C(=O)Nc2ccc3ncccc3c2)n[nH]1. The number of hydrogen-bond acceptors (Lipinski definition) is 4. The lowest BCUT2D eigenvalue weighted by Gasteiger charge is -2.03. The second kappa shape index (κ2) is 4.49. The fraction of sp³-hybridized carbons (Fsp3) is 0.0769. The van der Waals surface area contributed by atoms with Gasteiger partial charge in [0.1, 0.15) is 5.82 Å². The van der Waals surface area contributed by atoms with Crippen LogP contribution in [-0.2, 0) is 0 Å². The average molecular weight is 253 g/mol. The number of aryl methyl sites for hydroxylation is 1. The first-order valence-corrected chi connectivity index (χ1v) is 5.77. The number of rotatable bonds is 2. The van der Waals surface area contributed by atoms with Crippen molar-refractivity contribution in [3.8, 4) is 0 Å².